The van der Waals surface area contributed by atoms with E-state index >= 15 is 0 Å². The Labute approximate surface area is 143 Å². The molecule has 0 saturated heterocycles. The first kappa shape index (κ1) is 16.7. The molecule has 0 fully saturated rings. The molecule has 0 bridgehead atoms. The molecule has 0 aliphatic carbocycles. The summed E-state index contributed by atoms with van der Waals surface area (Å²) >= 11 is 0. The van der Waals surface area contributed by atoms with Crippen LogP contribution in [0, 0.1) is 0 Å². The van der Waals surface area contributed by atoms with E-state index in [1.54, 1.807) is 4.90 Å². The molecule has 128 valence electrons. The van der Waals surface area contributed by atoms with Gasteiger partial charge in [-0.15, -0.1) is 0 Å². The van der Waals surface area contributed by atoms with Crippen LogP contribution in [0.25, 0.3) is 0 Å². The highest BCUT2D eigenvalue weighted by molar-refractivity contribution is 6.01. The van der Waals surface area contributed by atoms with Gasteiger partial charge in [0.15, 0.2) is 0 Å². The predicted octanol–water partition coefficient (Wildman–Crippen LogP) is 1.73. The van der Waals surface area contributed by atoms with Crippen LogP contribution in [0.15, 0.2) is 35.9 Å². The van der Waals surface area contributed by atoms with Gasteiger partial charge in [0.2, 0.25) is 11.8 Å². The first-order valence-corrected chi connectivity index (χ1v) is 8.59. The number of rotatable bonds is 4. The number of nitrogens with one attached hydrogen (secondary N) is 1. The van der Waals surface area contributed by atoms with Crippen molar-refractivity contribution < 1.29 is 9.59 Å². The van der Waals surface area contributed by atoms with Crippen molar-refractivity contribution in [3.05, 3.63) is 41.5 Å². The van der Waals surface area contributed by atoms with Gasteiger partial charge in [0, 0.05) is 31.2 Å². The number of hydrogen-bond donors (Lipinski definition) is 1. The summed E-state index contributed by atoms with van der Waals surface area (Å²) in [5.41, 5.74) is 3.28. The number of nitrogens with zero attached hydrogens (tertiary/aromatic N) is 2. The summed E-state index contributed by atoms with van der Waals surface area (Å²) < 4.78 is 0. The maximum Gasteiger partial charge on any atom is 0.240 e. The smallest absolute Gasteiger partial charge is 0.240 e. The number of hydrogen-bond acceptors (Lipinski definition) is 3. The average Bonchev–Trinajstić information content (AvgIpc) is 2.58. The Kier molecular flexibility index (Phi) is 5.00. The fourth-order valence-corrected chi connectivity index (χ4v) is 3.37. The molecule has 1 N–H and O–H groups in total. The van der Waals surface area contributed by atoms with Crippen LogP contribution in [-0.2, 0) is 16.0 Å². The van der Waals surface area contributed by atoms with Crippen molar-refractivity contribution in [3.63, 3.8) is 0 Å². The molecule has 2 aliphatic rings. The van der Waals surface area contributed by atoms with Crippen molar-refractivity contribution in [3.8, 4) is 0 Å². The third-order valence-corrected chi connectivity index (χ3v) is 4.87. The second-order valence-corrected chi connectivity index (χ2v) is 6.69. The number of para-hydroxylation sites is 1. The predicted molar refractivity (Wildman–Crippen MR) is 94.9 cm³/mol. The van der Waals surface area contributed by atoms with Crippen molar-refractivity contribution >= 4 is 17.5 Å². The van der Waals surface area contributed by atoms with Crippen LogP contribution >= 0.6 is 0 Å². The van der Waals surface area contributed by atoms with E-state index in [0.717, 1.165) is 37.2 Å². The second-order valence-electron chi connectivity index (χ2n) is 6.69. The van der Waals surface area contributed by atoms with Crippen LogP contribution < -0.4 is 10.2 Å². The zero-order valence-electron chi connectivity index (χ0n) is 14.4. The van der Waals surface area contributed by atoms with Gasteiger partial charge in [-0.25, -0.2) is 0 Å². The minimum Gasteiger partial charge on any atom is -0.348 e. The molecule has 5 heteroatoms. The van der Waals surface area contributed by atoms with E-state index in [0.29, 0.717) is 6.42 Å². The number of carbonyl (C=O) groups is 2. The minimum atomic E-state index is -0.104. The van der Waals surface area contributed by atoms with Crippen LogP contribution in [0.1, 0.15) is 25.3 Å². The number of carbonyl (C=O) groups excluding carboxylic acids is 2. The van der Waals surface area contributed by atoms with Gasteiger partial charge >= 0.3 is 0 Å². The van der Waals surface area contributed by atoms with Crippen molar-refractivity contribution in [2.24, 2.45) is 0 Å². The lowest BCUT2D eigenvalue weighted by atomic mass is 10.0. The second kappa shape index (κ2) is 7.18. The quantitative estimate of drug-likeness (QED) is 0.857. The van der Waals surface area contributed by atoms with Gasteiger partial charge in [-0.1, -0.05) is 24.3 Å². The highest BCUT2D eigenvalue weighted by atomic mass is 16.2. The molecule has 2 aliphatic heterocycles. The highest BCUT2D eigenvalue weighted by Gasteiger charge is 2.26. The number of benzene rings is 1. The first-order chi connectivity index (χ1) is 11.5. The average molecular weight is 327 g/mol. The largest absolute Gasteiger partial charge is 0.348 e. The summed E-state index contributed by atoms with van der Waals surface area (Å²) in [4.78, 5) is 28.6. The van der Waals surface area contributed by atoms with E-state index in [2.05, 4.69) is 23.3 Å². The topological polar surface area (TPSA) is 52.7 Å². The molecule has 1 aromatic carbocycles. The Hall–Kier alpha value is -2.14. The monoisotopic (exact) mass is 327 g/mol. The molecule has 0 radical (unpaired) electrons. The van der Waals surface area contributed by atoms with E-state index < -0.39 is 0 Å². The van der Waals surface area contributed by atoms with E-state index in [4.69, 9.17) is 0 Å². The molecular weight excluding hydrogens is 302 g/mol. The molecule has 0 aromatic heterocycles. The SMILES string of the molecule is CC(NC(=O)CN1C(=O)CCc2ccccc21)C1=CCN(C)CC1. The lowest BCUT2D eigenvalue weighted by molar-refractivity contribution is -0.124. The summed E-state index contributed by atoms with van der Waals surface area (Å²) in [5.74, 6) is -0.0811. The fourth-order valence-electron chi connectivity index (χ4n) is 3.37. The maximum absolute atomic E-state index is 12.4. The molecule has 0 saturated carbocycles. The summed E-state index contributed by atoms with van der Waals surface area (Å²) in [5, 5.41) is 3.04. The number of aryl methyl sites for hydroxylation is 1. The molecule has 1 unspecified atom stereocenters. The Bertz CT molecular complexity index is 668. The summed E-state index contributed by atoms with van der Waals surface area (Å²) in [7, 11) is 2.09. The van der Waals surface area contributed by atoms with Gasteiger partial charge in [-0.2, -0.15) is 0 Å². The zero-order valence-corrected chi connectivity index (χ0v) is 14.4. The van der Waals surface area contributed by atoms with Gasteiger partial charge in [0.05, 0.1) is 0 Å². The summed E-state index contributed by atoms with van der Waals surface area (Å²) in [6.07, 6.45) is 4.39. The maximum atomic E-state index is 12.4. The molecule has 2 heterocycles. The molecule has 2 amide bonds. The Morgan fingerprint density at radius 2 is 2.04 bits per heavy atom. The Morgan fingerprint density at radius 3 is 2.79 bits per heavy atom. The van der Waals surface area contributed by atoms with Crippen molar-refractivity contribution in [2.45, 2.75) is 32.2 Å². The first-order valence-electron chi connectivity index (χ1n) is 8.59. The van der Waals surface area contributed by atoms with E-state index in [9.17, 15) is 9.59 Å². The molecule has 5 nitrogen and oxygen atoms in total. The number of likely N-dealkylation sites (N-methyl/N-ethyl adjacent to an activating group) is 1. The standard InChI is InChI=1S/C19H25N3O2/c1-14(15-9-11-21(2)12-10-15)20-18(23)13-22-17-6-4-3-5-16(17)7-8-19(22)24/h3-6,9,14H,7-8,10-13H2,1-2H3,(H,20,23). The Morgan fingerprint density at radius 1 is 1.25 bits per heavy atom. The third kappa shape index (κ3) is 3.67. The normalized spacial score (nSPS) is 19.5. The van der Waals surface area contributed by atoms with Crippen LogP contribution in [0.5, 0.6) is 0 Å². The Balaban J connectivity index is 1.64. The van der Waals surface area contributed by atoms with Gasteiger partial charge < -0.3 is 15.1 Å². The lowest BCUT2D eigenvalue weighted by Crippen LogP contribution is -2.46. The number of amides is 2. The van der Waals surface area contributed by atoms with Crippen LogP contribution in [0.3, 0.4) is 0 Å². The molecular formula is C19H25N3O2. The molecule has 3 rings (SSSR count). The van der Waals surface area contributed by atoms with Crippen molar-refractivity contribution in [2.75, 3.05) is 31.6 Å². The van der Waals surface area contributed by atoms with Gasteiger partial charge in [0.1, 0.15) is 6.54 Å². The van der Waals surface area contributed by atoms with Crippen LogP contribution in [0.4, 0.5) is 5.69 Å². The molecule has 1 aromatic rings. The summed E-state index contributed by atoms with van der Waals surface area (Å²) in [6, 6.07) is 7.85. The number of fused-ring (bicyclic) bond motifs is 1. The summed E-state index contributed by atoms with van der Waals surface area (Å²) in [6.45, 7) is 4.05. The van der Waals surface area contributed by atoms with Crippen LogP contribution in [-0.4, -0.2) is 49.4 Å². The number of anilines is 1. The van der Waals surface area contributed by atoms with Crippen molar-refractivity contribution in [1.82, 2.24) is 10.2 Å². The lowest BCUT2D eigenvalue weighted by Gasteiger charge is -2.30. The van der Waals surface area contributed by atoms with E-state index in [-0.39, 0.29) is 24.4 Å². The van der Waals surface area contributed by atoms with Gasteiger partial charge in [0.25, 0.3) is 0 Å². The zero-order chi connectivity index (χ0) is 17.1. The molecule has 1 atom stereocenters. The van der Waals surface area contributed by atoms with Gasteiger partial charge in [-0.05, 0) is 44.0 Å². The van der Waals surface area contributed by atoms with Crippen molar-refractivity contribution in [1.29, 1.82) is 0 Å². The minimum absolute atomic E-state index is 0.0151. The van der Waals surface area contributed by atoms with Crippen LogP contribution in [0.2, 0.25) is 0 Å². The highest BCUT2D eigenvalue weighted by Crippen LogP contribution is 2.27. The molecule has 24 heavy (non-hydrogen) atoms. The molecule has 0 spiro atoms. The van der Waals surface area contributed by atoms with Gasteiger partial charge in [-0.3, -0.25) is 9.59 Å². The van der Waals surface area contributed by atoms with E-state index in [1.807, 2.05) is 31.2 Å². The third-order valence-electron chi connectivity index (χ3n) is 4.87. The fraction of sp³-hybridized carbons (Fsp3) is 0.474. The van der Waals surface area contributed by atoms with E-state index in [1.165, 1.54) is 5.57 Å².